The lowest BCUT2D eigenvalue weighted by Crippen LogP contribution is -2.44. The second kappa shape index (κ2) is 7.93. The van der Waals surface area contributed by atoms with Crippen molar-refractivity contribution in [3.63, 3.8) is 0 Å². The molecule has 7 nitrogen and oxygen atoms in total. The van der Waals surface area contributed by atoms with E-state index in [4.69, 9.17) is 16.6 Å². The molecule has 8 heteroatoms. The van der Waals surface area contributed by atoms with E-state index in [0.717, 1.165) is 5.01 Å². The van der Waals surface area contributed by atoms with Gasteiger partial charge in [-0.2, -0.15) is 0 Å². The zero-order valence-electron chi connectivity index (χ0n) is 9.73. The topological polar surface area (TPSA) is 122 Å². The highest BCUT2D eigenvalue weighted by molar-refractivity contribution is 5.76. The number of nitrogens with one attached hydrogen (secondary N) is 1. The maximum Gasteiger partial charge on any atom is 0.319 e. The second-order valence-electron chi connectivity index (χ2n) is 3.82. The maximum absolute atomic E-state index is 12.8. The van der Waals surface area contributed by atoms with Crippen molar-refractivity contribution in [3.8, 4) is 0 Å². The summed E-state index contributed by atoms with van der Waals surface area (Å²) in [6.45, 7) is -0.455. The monoisotopic (exact) mass is 250 g/mol. The Balaban J connectivity index is 3.88. The lowest BCUT2D eigenvalue weighted by atomic mass is 10.1. The van der Waals surface area contributed by atoms with E-state index in [0.29, 0.717) is 0 Å². The van der Waals surface area contributed by atoms with E-state index >= 15 is 0 Å². The first-order valence-corrected chi connectivity index (χ1v) is 5.17. The number of carboxylic acids is 1. The van der Waals surface area contributed by atoms with Gasteiger partial charge in [0.25, 0.3) is 0 Å². The standard InChI is InChI=1S/C9H19FN4O3/c1-14(5-9(16)17)13-8(15)3-7(12)2-6(10)4-11/h6-7H,2-5,11-12H2,1H3,(H,13,15)(H,16,17)/t6-,7+/m0/s1. The van der Waals surface area contributed by atoms with Crippen molar-refractivity contribution in [2.24, 2.45) is 11.5 Å². The number of nitrogens with two attached hydrogens (primary N) is 2. The SMILES string of the molecule is CN(CC(=O)O)NC(=O)C[C@H](N)C[C@H](F)CN. The van der Waals surface area contributed by atoms with E-state index < -0.39 is 24.1 Å². The summed E-state index contributed by atoms with van der Waals surface area (Å²) >= 11 is 0. The Morgan fingerprint density at radius 1 is 1.53 bits per heavy atom. The van der Waals surface area contributed by atoms with Crippen molar-refractivity contribution >= 4 is 11.9 Å². The number of rotatable bonds is 8. The minimum absolute atomic E-state index is 0.00651. The summed E-state index contributed by atoms with van der Waals surface area (Å²) in [6, 6.07) is -0.633. The number of carboxylic acid groups (broad SMARTS) is 1. The van der Waals surface area contributed by atoms with Crippen LogP contribution in [0.4, 0.5) is 4.39 Å². The molecule has 2 atom stereocenters. The smallest absolute Gasteiger partial charge is 0.319 e. The maximum atomic E-state index is 12.8. The minimum atomic E-state index is -1.23. The largest absolute Gasteiger partial charge is 0.480 e. The van der Waals surface area contributed by atoms with Gasteiger partial charge in [0.1, 0.15) is 12.7 Å². The number of aliphatic carboxylic acids is 1. The molecule has 0 unspecified atom stereocenters. The fraction of sp³-hybridized carbons (Fsp3) is 0.778. The van der Waals surface area contributed by atoms with Crippen molar-refractivity contribution in [2.45, 2.75) is 25.1 Å². The molecule has 0 aromatic heterocycles. The molecule has 0 aliphatic rings. The average molecular weight is 250 g/mol. The van der Waals surface area contributed by atoms with Crippen LogP contribution in [0.5, 0.6) is 0 Å². The van der Waals surface area contributed by atoms with Gasteiger partial charge >= 0.3 is 5.97 Å². The molecule has 0 fully saturated rings. The van der Waals surface area contributed by atoms with Crippen LogP contribution in [0.25, 0.3) is 0 Å². The molecule has 0 aliphatic carbocycles. The van der Waals surface area contributed by atoms with E-state index in [1.807, 2.05) is 0 Å². The second-order valence-corrected chi connectivity index (χ2v) is 3.82. The first kappa shape index (κ1) is 15.8. The zero-order valence-corrected chi connectivity index (χ0v) is 9.73. The van der Waals surface area contributed by atoms with Crippen molar-refractivity contribution in [2.75, 3.05) is 20.1 Å². The number of nitrogens with zero attached hydrogens (tertiary/aromatic N) is 1. The highest BCUT2D eigenvalue weighted by atomic mass is 19.1. The van der Waals surface area contributed by atoms with Crippen molar-refractivity contribution in [1.29, 1.82) is 0 Å². The molecule has 0 aromatic carbocycles. The fourth-order valence-corrected chi connectivity index (χ4v) is 1.25. The molecular formula is C9H19FN4O3. The molecule has 0 rings (SSSR count). The summed E-state index contributed by atoms with van der Waals surface area (Å²) in [4.78, 5) is 21.7. The molecule has 0 bridgehead atoms. The number of amides is 1. The van der Waals surface area contributed by atoms with Gasteiger partial charge in [-0.15, -0.1) is 0 Å². The molecule has 6 N–H and O–H groups in total. The lowest BCUT2D eigenvalue weighted by molar-refractivity contribution is -0.139. The Morgan fingerprint density at radius 3 is 2.59 bits per heavy atom. The molecule has 0 aromatic rings. The predicted molar refractivity (Wildman–Crippen MR) is 59.6 cm³/mol. The third kappa shape index (κ3) is 8.55. The number of carbonyl (C=O) groups excluding carboxylic acids is 1. The Morgan fingerprint density at radius 2 is 2.12 bits per heavy atom. The Hall–Kier alpha value is -1.25. The number of hydrazine groups is 1. The van der Waals surface area contributed by atoms with E-state index in [2.05, 4.69) is 5.43 Å². The van der Waals surface area contributed by atoms with Crippen LogP contribution in [0.2, 0.25) is 0 Å². The summed E-state index contributed by atoms with van der Waals surface area (Å²) < 4.78 is 12.8. The average Bonchev–Trinajstić information content (AvgIpc) is 2.14. The number of carbonyl (C=O) groups is 2. The first-order chi connectivity index (χ1) is 7.85. The van der Waals surface area contributed by atoms with Crippen LogP contribution < -0.4 is 16.9 Å². The van der Waals surface area contributed by atoms with Crippen LogP contribution in [-0.2, 0) is 9.59 Å². The molecular weight excluding hydrogens is 231 g/mol. The zero-order chi connectivity index (χ0) is 13.4. The Labute approximate surface area is 98.9 Å². The van der Waals surface area contributed by atoms with E-state index in [1.165, 1.54) is 7.05 Å². The van der Waals surface area contributed by atoms with Crippen molar-refractivity contribution < 1.29 is 19.1 Å². The number of hydrogen-bond acceptors (Lipinski definition) is 5. The van der Waals surface area contributed by atoms with Crippen LogP contribution in [0.1, 0.15) is 12.8 Å². The molecule has 0 saturated carbocycles. The van der Waals surface area contributed by atoms with Crippen LogP contribution >= 0.6 is 0 Å². The highest BCUT2D eigenvalue weighted by Crippen LogP contribution is 2.02. The van der Waals surface area contributed by atoms with Gasteiger partial charge in [0.05, 0.1) is 0 Å². The minimum Gasteiger partial charge on any atom is -0.480 e. The highest BCUT2D eigenvalue weighted by Gasteiger charge is 2.16. The summed E-state index contributed by atoms with van der Waals surface area (Å²) in [5, 5.41) is 9.57. The summed E-state index contributed by atoms with van der Waals surface area (Å²) in [5.74, 6) is -1.52. The van der Waals surface area contributed by atoms with Crippen LogP contribution in [0.15, 0.2) is 0 Å². The third-order valence-corrected chi connectivity index (χ3v) is 1.95. The van der Waals surface area contributed by atoms with E-state index in [9.17, 15) is 14.0 Å². The van der Waals surface area contributed by atoms with Gasteiger partial charge in [-0.05, 0) is 6.42 Å². The number of likely N-dealkylation sites (N-methyl/N-ethyl adjacent to an activating group) is 1. The third-order valence-electron chi connectivity index (χ3n) is 1.95. The summed E-state index contributed by atoms with van der Waals surface area (Å²) in [5.41, 5.74) is 12.9. The molecule has 0 spiro atoms. The fourth-order valence-electron chi connectivity index (χ4n) is 1.25. The lowest BCUT2D eigenvalue weighted by Gasteiger charge is -2.18. The normalized spacial score (nSPS) is 14.4. The van der Waals surface area contributed by atoms with Gasteiger partial charge in [0, 0.05) is 26.1 Å². The van der Waals surface area contributed by atoms with Crippen molar-refractivity contribution in [3.05, 3.63) is 0 Å². The number of alkyl halides is 1. The Kier molecular flexibility index (Phi) is 7.35. The molecule has 17 heavy (non-hydrogen) atoms. The van der Waals surface area contributed by atoms with Crippen LogP contribution in [0, 0.1) is 0 Å². The van der Waals surface area contributed by atoms with Crippen molar-refractivity contribution in [1.82, 2.24) is 10.4 Å². The Bertz CT molecular complexity index is 265. The van der Waals surface area contributed by atoms with Crippen LogP contribution in [0.3, 0.4) is 0 Å². The van der Waals surface area contributed by atoms with E-state index in [-0.39, 0.29) is 25.9 Å². The molecule has 0 radical (unpaired) electrons. The summed E-state index contributed by atoms with van der Waals surface area (Å²) in [6.07, 6.45) is -1.30. The molecule has 100 valence electrons. The molecule has 0 aliphatic heterocycles. The molecule has 1 amide bonds. The predicted octanol–water partition coefficient (Wildman–Crippen LogP) is -1.56. The van der Waals surface area contributed by atoms with Crippen LogP contribution in [-0.4, -0.2) is 54.3 Å². The van der Waals surface area contributed by atoms with Gasteiger partial charge in [0.2, 0.25) is 5.91 Å². The number of halogens is 1. The quantitative estimate of drug-likeness (QED) is 0.386. The van der Waals surface area contributed by atoms with Gasteiger partial charge in [-0.3, -0.25) is 15.0 Å². The van der Waals surface area contributed by atoms with Gasteiger partial charge in [0.15, 0.2) is 0 Å². The van der Waals surface area contributed by atoms with Gasteiger partial charge in [-0.25, -0.2) is 9.40 Å². The summed E-state index contributed by atoms with van der Waals surface area (Å²) in [7, 11) is 1.41. The van der Waals surface area contributed by atoms with Gasteiger partial charge < -0.3 is 16.6 Å². The molecule has 0 saturated heterocycles. The first-order valence-electron chi connectivity index (χ1n) is 5.17. The molecule has 0 heterocycles. The van der Waals surface area contributed by atoms with Gasteiger partial charge in [-0.1, -0.05) is 0 Å². The van der Waals surface area contributed by atoms with E-state index in [1.54, 1.807) is 0 Å². The number of hydrogen-bond donors (Lipinski definition) is 4.